The molecule has 3 atom stereocenters. The quantitative estimate of drug-likeness (QED) is 0.768. The zero-order chi connectivity index (χ0) is 17.8. The van der Waals surface area contributed by atoms with E-state index in [0.29, 0.717) is 35.4 Å². The van der Waals surface area contributed by atoms with Crippen LogP contribution in [0, 0.1) is 17.8 Å². The van der Waals surface area contributed by atoms with Crippen molar-refractivity contribution in [2.45, 2.75) is 32.1 Å². The van der Waals surface area contributed by atoms with Crippen LogP contribution in [0.2, 0.25) is 0 Å². The number of ether oxygens (including phenoxy) is 3. The summed E-state index contributed by atoms with van der Waals surface area (Å²) in [6, 6.07) is 5.07. The summed E-state index contributed by atoms with van der Waals surface area (Å²) in [5.74, 6) is 2.40. The predicted octanol–water partition coefficient (Wildman–Crippen LogP) is 3.01. The molecule has 0 saturated heterocycles. The highest BCUT2D eigenvalue weighted by atomic mass is 16.5. The van der Waals surface area contributed by atoms with Crippen LogP contribution < -0.4 is 14.8 Å². The van der Waals surface area contributed by atoms with Gasteiger partial charge in [0.05, 0.1) is 14.2 Å². The van der Waals surface area contributed by atoms with Crippen LogP contribution in [-0.4, -0.2) is 32.7 Å². The lowest BCUT2D eigenvalue weighted by Crippen LogP contribution is -2.23. The van der Waals surface area contributed by atoms with E-state index in [1.165, 1.54) is 33.5 Å². The van der Waals surface area contributed by atoms with Crippen molar-refractivity contribution < 1.29 is 23.8 Å². The summed E-state index contributed by atoms with van der Waals surface area (Å²) in [7, 11) is 3.08. The van der Waals surface area contributed by atoms with E-state index in [1.807, 2.05) is 0 Å². The second-order valence-electron chi connectivity index (χ2n) is 6.95. The van der Waals surface area contributed by atoms with Crippen molar-refractivity contribution in [2.24, 2.45) is 17.8 Å². The molecule has 1 aromatic rings. The Kier molecular flexibility index (Phi) is 5.46. The fourth-order valence-electron chi connectivity index (χ4n) is 4.12. The highest BCUT2D eigenvalue weighted by Crippen LogP contribution is 2.49. The maximum Gasteiger partial charge on any atom is 0.306 e. The number of amides is 1. The van der Waals surface area contributed by atoms with Gasteiger partial charge in [-0.3, -0.25) is 9.59 Å². The molecule has 2 aliphatic carbocycles. The molecule has 1 N–H and O–H groups in total. The van der Waals surface area contributed by atoms with Gasteiger partial charge in [0, 0.05) is 30.3 Å². The van der Waals surface area contributed by atoms with E-state index in [9.17, 15) is 9.59 Å². The first-order chi connectivity index (χ1) is 12.1. The summed E-state index contributed by atoms with van der Waals surface area (Å²) in [5, 5.41) is 2.69. The average molecular weight is 347 g/mol. The van der Waals surface area contributed by atoms with Gasteiger partial charge < -0.3 is 19.5 Å². The average Bonchev–Trinajstić information content (AvgIpc) is 3.22. The first-order valence-electron chi connectivity index (χ1n) is 8.76. The van der Waals surface area contributed by atoms with E-state index < -0.39 is 0 Å². The van der Waals surface area contributed by atoms with E-state index in [0.717, 1.165) is 12.3 Å². The predicted molar refractivity (Wildman–Crippen MR) is 92.7 cm³/mol. The number of hydrogen-bond donors (Lipinski definition) is 1. The molecule has 2 saturated carbocycles. The van der Waals surface area contributed by atoms with Gasteiger partial charge in [0.25, 0.3) is 5.91 Å². The first kappa shape index (κ1) is 17.6. The lowest BCUT2D eigenvalue weighted by atomic mass is 9.86. The second kappa shape index (κ2) is 7.76. The lowest BCUT2D eigenvalue weighted by molar-refractivity contribution is -0.148. The normalized spacial score (nSPS) is 24.0. The summed E-state index contributed by atoms with van der Waals surface area (Å²) in [6.45, 7) is -0.279. The SMILES string of the molecule is COc1cc(NC(=O)COC(=O)C[C@@H]2C[C@H]3CC[C@H]2C3)cc(OC)c1. The Bertz CT molecular complexity index is 622. The van der Waals surface area contributed by atoms with Crippen LogP contribution >= 0.6 is 0 Å². The summed E-state index contributed by atoms with van der Waals surface area (Å²) in [6.07, 6.45) is 5.37. The molecule has 0 spiro atoms. The van der Waals surface area contributed by atoms with Gasteiger partial charge >= 0.3 is 5.97 Å². The van der Waals surface area contributed by atoms with Crippen molar-refractivity contribution in [1.82, 2.24) is 0 Å². The van der Waals surface area contributed by atoms with Crippen molar-refractivity contribution in [3.63, 3.8) is 0 Å². The van der Waals surface area contributed by atoms with Crippen LogP contribution in [0.4, 0.5) is 5.69 Å². The Balaban J connectivity index is 1.45. The van der Waals surface area contributed by atoms with Crippen LogP contribution in [-0.2, 0) is 14.3 Å². The van der Waals surface area contributed by atoms with Gasteiger partial charge in [-0.05, 0) is 37.0 Å². The maximum absolute atomic E-state index is 12.0. The highest BCUT2D eigenvalue weighted by molar-refractivity contribution is 5.93. The monoisotopic (exact) mass is 347 g/mol. The molecule has 25 heavy (non-hydrogen) atoms. The largest absolute Gasteiger partial charge is 0.497 e. The summed E-state index contributed by atoms with van der Waals surface area (Å²) >= 11 is 0. The van der Waals surface area contributed by atoms with Crippen LogP contribution in [0.5, 0.6) is 11.5 Å². The Morgan fingerprint density at radius 2 is 1.80 bits per heavy atom. The van der Waals surface area contributed by atoms with E-state index in [2.05, 4.69) is 5.32 Å². The molecule has 0 radical (unpaired) electrons. The van der Waals surface area contributed by atoms with E-state index in [4.69, 9.17) is 14.2 Å². The molecule has 2 bridgehead atoms. The Labute approximate surface area is 147 Å². The molecule has 1 aromatic carbocycles. The number of fused-ring (bicyclic) bond motifs is 2. The van der Waals surface area contributed by atoms with Gasteiger partial charge in [0.2, 0.25) is 0 Å². The van der Waals surface area contributed by atoms with Gasteiger partial charge in [-0.25, -0.2) is 0 Å². The Morgan fingerprint density at radius 1 is 1.08 bits per heavy atom. The van der Waals surface area contributed by atoms with Crippen LogP contribution in [0.3, 0.4) is 0 Å². The third-order valence-corrected chi connectivity index (χ3v) is 5.31. The number of benzene rings is 1. The molecule has 3 rings (SSSR count). The number of methoxy groups -OCH3 is 2. The van der Waals surface area contributed by atoms with Crippen LogP contribution in [0.25, 0.3) is 0 Å². The van der Waals surface area contributed by atoms with Gasteiger partial charge in [0.1, 0.15) is 11.5 Å². The summed E-state index contributed by atoms with van der Waals surface area (Å²) < 4.78 is 15.5. The van der Waals surface area contributed by atoms with Crippen LogP contribution in [0.15, 0.2) is 18.2 Å². The van der Waals surface area contributed by atoms with Crippen molar-refractivity contribution in [3.05, 3.63) is 18.2 Å². The molecule has 6 heteroatoms. The number of rotatable bonds is 7. The molecular formula is C19H25NO5. The number of hydrogen-bond acceptors (Lipinski definition) is 5. The number of anilines is 1. The zero-order valence-electron chi connectivity index (χ0n) is 14.7. The van der Waals surface area contributed by atoms with E-state index >= 15 is 0 Å². The zero-order valence-corrected chi connectivity index (χ0v) is 14.7. The number of nitrogens with one attached hydrogen (secondary N) is 1. The molecule has 1 amide bonds. The van der Waals surface area contributed by atoms with Crippen molar-refractivity contribution >= 4 is 17.6 Å². The number of esters is 1. The topological polar surface area (TPSA) is 73.9 Å². The third-order valence-electron chi connectivity index (χ3n) is 5.31. The standard InChI is InChI=1S/C19H25NO5/c1-23-16-8-15(9-17(10-16)24-2)20-18(21)11-25-19(22)7-14-6-12-3-4-13(14)5-12/h8-10,12-14H,3-7,11H2,1-2H3,(H,20,21)/t12-,13-,14-/m0/s1. The minimum absolute atomic E-state index is 0.279. The molecular weight excluding hydrogens is 322 g/mol. The fourth-order valence-corrected chi connectivity index (χ4v) is 4.12. The van der Waals surface area contributed by atoms with Crippen molar-refractivity contribution in [2.75, 3.05) is 26.1 Å². The fraction of sp³-hybridized carbons (Fsp3) is 0.579. The minimum Gasteiger partial charge on any atom is -0.497 e. The van der Waals surface area contributed by atoms with E-state index in [1.54, 1.807) is 18.2 Å². The molecule has 0 heterocycles. The molecule has 0 unspecified atom stereocenters. The van der Waals surface area contributed by atoms with Crippen LogP contribution in [0.1, 0.15) is 32.1 Å². The minimum atomic E-state index is -0.378. The third kappa shape index (κ3) is 4.44. The molecule has 2 fully saturated rings. The van der Waals surface area contributed by atoms with Gasteiger partial charge in [-0.1, -0.05) is 6.42 Å². The second-order valence-corrected chi connectivity index (χ2v) is 6.95. The van der Waals surface area contributed by atoms with Gasteiger partial charge in [0.15, 0.2) is 6.61 Å². The first-order valence-corrected chi connectivity index (χ1v) is 8.76. The van der Waals surface area contributed by atoms with Crippen molar-refractivity contribution in [1.29, 1.82) is 0 Å². The Hall–Kier alpha value is -2.24. The van der Waals surface area contributed by atoms with Gasteiger partial charge in [-0.2, -0.15) is 0 Å². The highest BCUT2D eigenvalue weighted by Gasteiger charge is 2.40. The number of carbonyl (C=O) groups is 2. The maximum atomic E-state index is 12.0. The number of carbonyl (C=O) groups excluding carboxylic acids is 2. The lowest BCUT2D eigenvalue weighted by Gasteiger charge is -2.20. The molecule has 0 aromatic heterocycles. The molecule has 6 nitrogen and oxygen atoms in total. The molecule has 2 aliphatic rings. The van der Waals surface area contributed by atoms with Gasteiger partial charge in [-0.15, -0.1) is 0 Å². The Morgan fingerprint density at radius 3 is 2.36 bits per heavy atom. The van der Waals surface area contributed by atoms with Crippen molar-refractivity contribution in [3.8, 4) is 11.5 Å². The summed E-state index contributed by atoms with van der Waals surface area (Å²) in [5.41, 5.74) is 0.533. The molecule has 136 valence electrons. The van der Waals surface area contributed by atoms with E-state index in [-0.39, 0.29) is 18.5 Å². The smallest absolute Gasteiger partial charge is 0.306 e. The summed E-state index contributed by atoms with van der Waals surface area (Å²) in [4.78, 5) is 24.0. The molecule has 0 aliphatic heterocycles.